The Morgan fingerprint density at radius 3 is 2.50 bits per heavy atom. The van der Waals surface area contributed by atoms with Gasteiger partial charge in [-0.1, -0.05) is 0 Å². The van der Waals surface area contributed by atoms with Crippen LogP contribution in [-0.4, -0.2) is 48.6 Å². The summed E-state index contributed by atoms with van der Waals surface area (Å²) >= 11 is 0. The maximum atomic E-state index is 8.67. The highest BCUT2D eigenvalue weighted by Gasteiger charge is 2.14. The minimum absolute atomic E-state index is 0.484. The van der Waals surface area contributed by atoms with Crippen LogP contribution in [0.2, 0.25) is 0 Å². The minimum atomic E-state index is 0.484. The summed E-state index contributed by atoms with van der Waals surface area (Å²) < 4.78 is 0. The highest BCUT2D eigenvalue weighted by molar-refractivity contribution is 4.79. The maximum Gasteiger partial charge on any atom is 0.0868 e. The molecule has 3 nitrogen and oxygen atoms in total. The molecule has 0 aromatic heterocycles. The molecule has 1 rings (SSSR count). The van der Waals surface area contributed by atoms with E-state index in [-0.39, 0.29) is 0 Å². The first-order valence-electron chi connectivity index (χ1n) is 5.57. The summed E-state index contributed by atoms with van der Waals surface area (Å²) in [5.41, 5.74) is 0. The van der Waals surface area contributed by atoms with Gasteiger partial charge in [0.25, 0.3) is 0 Å². The zero-order valence-corrected chi connectivity index (χ0v) is 9.37. The number of likely N-dealkylation sites (tertiary alicyclic amines) is 1. The molecule has 0 bridgehead atoms. The van der Waals surface area contributed by atoms with E-state index in [0.717, 1.165) is 13.1 Å². The van der Waals surface area contributed by atoms with Crippen LogP contribution in [0, 0.1) is 11.3 Å². The van der Waals surface area contributed by atoms with Crippen LogP contribution in [0.15, 0.2) is 0 Å². The van der Waals surface area contributed by atoms with E-state index in [9.17, 15) is 0 Å². The van der Waals surface area contributed by atoms with E-state index in [0.29, 0.717) is 12.6 Å². The molecule has 0 N–H and O–H groups in total. The van der Waals surface area contributed by atoms with Gasteiger partial charge in [-0.05, 0) is 39.8 Å². The van der Waals surface area contributed by atoms with E-state index in [4.69, 9.17) is 5.26 Å². The fourth-order valence-electron chi connectivity index (χ4n) is 1.89. The van der Waals surface area contributed by atoms with Crippen LogP contribution in [-0.2, 0) is 0 Å². The average Bonchev–Trinajstić information content (AvgIpc) is 2.64. The molecule has 0 aromatic rings. The molecule has 1 aliphatic rings. The summed E-state index contributed by atoms with van der Waals surface area (Å²) in [5, 5.41) is 8.67. The van der Waals surface area contributed by atoms with E-state index in [1.807, 2.05) is 0 Å². The number of nitrogens with zero attached hydrogens (tertiary/aromatic N) is 3. The lowest BCUT2D eigenvalue weighted by molar-refractivity contribution is 0.208. The molecule has 14 heavy (non-hydrogen) atoms. The Labute approximate surface area is 87.3 Å². The van der Waals surface area contributed by atoms with E-state index in [1.165, 1.54) is 25.9 Å². The Hall–Kier alpha value is -0.590. The Bertz CT molecular complexity index is 189. The van der Waals surface area contributed by atoms with Crippen molar-refractivity contribution >= 4 is 0 Å². The standard InChI is InChI=1S/C11H21N3/c1-11(2)14(8-5-12)10-9-13-6-3-4-7-13/h11H,3-4,6-10H2,1-2H3. The van der Waals surface area contributed by atoms with Crippen molar-refractivity contribution in [1.29, 1.82) is 5.26 Å². The van der Waals surface area contributed by atoms with Gasteiger partial charge in [0.15, 0.2) is 0 Å². The van der Waals surface area contributed by atoms with Crippen molar-refractivity contribution in [2.75, 3.05) is 32.7 Å². The normalized spacial score (nSPS) is 17.9. The first-order valence-corrected chi connectivity index (χ1v) is 5.57. The monoisotopic (exact) mass is 195 g/mol. The molecule has 0 radical (unpaired) electrons. The second-order valence-electron chi connectivity index (χ2n) is 4.27. The van der Waals surface area contributed by atoms with Crippen LogP contribution < -0.4 is 0 Å². The SMILES string of the molecule is CC(C)N(CC#N)CCN1CCCC1. The van der Waals surface area contributed by atoms with Crippen molar-refractivity contribution in [2.45, 2.75) is 32.7 Å². The molecule has 3 heteroatoms. The molecule has 80 valence electrons. The molecule has 0 amide bonds. The smallest absolute Gasteiger partial charge is 0.0868 e. The van der Waals surface area contributed by atoms with Gasteiger partial charge in [-0.15, -0.1) is 0 Å². The van der Waals surface area contributed by atoms with Gasteiger partial charge in [0.05, 0.1) is 12.6 Å². The molecule has 1 fully saturated rings. The zero-order valence-electron chi connectivity index (χ0n) is 9.37. The maximum absolute atomic E-state index is 8.67. The van der Waals surface area contributed by atoms with Crippen molar-refractivity contribution in [3.8, 4) is 6.07 Å². The average molecular weight is 195 g/mol. The molecule has 1 aliphatic heterocycles. The third-order valence-electron chi connectivity index (χ3n) is 2.91. The van der Waals surface area contributed by atoms with Gasteiger partial charge in [-0.2, -0.15) is 5.26 Å². The van der Waals surface area contributed by atoms with E-state index >= 15 is 0 Å². The zero-order chi connectivity index (χ0) is 10.4. The van der Waals surface area contributed by atoms with Crippen LogP contribution in [0.4, 0.5) is 0 Å². The largest absolute Gasteiger partial charge is 0.302 e. The first kappa shape index (κ1) is 11.5. The van der Waals surface area contributed by atoms with Crippen LogP contribution in [0.5, 0.6) is 0 Å². The highest BCUT2D eigenvalue weighted by Crippen LogP contribution is 2.07. The molecule has 0 atom stereocenters. The van der Waals surface area contributed by atoms with Crippen LogP contribution in [0.1, 0.15) is 26.7 Å². The highest BCUT2D eigenvalue weighted by atomic mass is 15.2. The van der Waals surface area contributed by atoms with E-state index in [2.05, 4.69) is 29.7 Å². The third-order valence-corrected chi connectivity index (χ3v) is 2.91. The van der Waals surface area contributed by atoms with Gasteiger partial charge < -0.3 is 4.90 Å². The molecule has 0 saturated carbocycles. The van der Waals surface area contributed by atoms with Crippen molar-refractivity contribution in [3.05, 3.63) is 0 Å². The molecule has 1 heterocycles. The van der Waals surface area contributed by atoms with Gasteiger partial charge in [-0.3, -0.25) is 4.90 Å². The Kier molecular flexibility index (Phi) is 4.92. The second-order valence-corrected chi connectivity index (χ2v) is 4.27. The molecular weight excluding hydrogens is 174 g/mol. The van der Waals surface area contributed by atoms with Crippen molar-refractivity contribution in [3.63, 3.8) is 0 Å². The Morgan fingerprint density at radius 1 is 1.36 bits per heavy atom. The van der Waals surface area contributed by atoms with Crippen LogP contribution >= 0.6 is 0 Å². The summed E-state index contributed by atoms with van der Waals surface area (Å²) in [6.07, 6.45) is 2.69. The lowest BCUT2D eigenvalue weighted by Gasteiger charge is -2.26. The fraction of sp³-hybridized carbons (Fsp3) is 0.909. The summed E-state index contributed by atoms with van der Waals surface area (Å²) in [5.74, 6) is 0. The first-order chi connectivity index (χ1) is 6.74. The summed E-state index contributed by atoms with van der Waals surface area (Å²) in [6.45, 7) is 9.52. The Balaban J connectivity index is 2.22. The lowest BCUT2D eigenvalue weighted by Crippen LogP contribution is -2.38. The van der Waals surface area contributed by atoms with Gasteiger partial charge in [0, 0.05) is 19.1 Å². The minimum Gasteiger partial charge on any atom is -0.302 e. The van der Waals surface area contributed by atoms with Crippen LogP contribution in [0.25, 0.3) is 0 Å². The number of hydrogen-bond acceptors (Lipinski definition) is 3. The fourth-order valence-corrected chi connectivity index (χ4v) is 1.89. The van der Waals surface area contributed by atoms with Gasteiger partial charge >= 0.3 is 0 Å². The van der Waals surface area contributed by atoms with Crippen molar-refractivity contribution in [1.82, 2.24) is 9.80 Å². The molecular formula is C11H21N3. The van der Waals surface area contributed by atoms with Gasteiger partial charge in [0.2, 0.25) is 0 Å². The summed E-state index contributed by atoms with van der Waals surface area (Å²) in [4.78, 5) is 4.73. The molecule has 0 unspecified atom stereocenters. The predicted molar refractivity (Wildman–Crippen MR) is 58.0 cm³/mol. The van der Waals surface area contributed by atoms with E-state index < -0.39 is 0 Å². The molecule has 0 aromatic carbocycles. The molecule has 0 spiro atoms. The third kappa shape index (κ3) is 3.65. The van der Waals surface area contributed by atoms with Crippen molar-refractivity contribution < 1.29 is 0 Å². The number of rotatable bonds is 5. The predicted octanol–water partition coefficient (Wildman–Crippen LogP) is 1.32. The second kappa shape index (κ2) is 6.00. The topological polar surface area (TPSA) is 30.3 Å². The lowest BCUT2D eigenvalue weighted by atomic mass is 10.3. The van der Waals surface area contributed by atoms with Gasteiger partial charge in [0.1, 0.15) is 0 Å². The summed E-state index contributed by atoms with van der Waals surface area (Å²) in [7, 11) is 0. The summed E-state index contributed by atoms with van der Waals surface area (Å²) in [6, 6.07) is 2.72. The Morgan fingerprint density at radius 2 is 2.00 bits per heavy atom. The quantitative estimate of drug-likeness (QED) is 0.620. The van der Waals surface area contributed by atoms with Gasteiger partial charge in [-0.25, -0.2) is 0 Å². The van der Waals surface area contributed by atoms with Crippen LogP contribution in [0.3, 0.4) is 0 Å². The molecule has 0 aliphatic carbocycles. The molecule has 1 saturated heterocycles. The van der Waals surface area contributed by atoms with Crippen molar-refractivity contribution in [2.24, 2.45) is 0 Å². The number of nitriles is 1. The number of hydrogen-bond donors (Lipinski definition) is 0. The van der Waals surface area contributed by atoms with E-state index in [1.54, 1.807) is 0 Å².